The Kier molecular flexibility index (Phi) is 13.3. The number of nitrogens with two attached hydrogens (primary N) is 1. The zero-order chi connectivity index (χ0) is 8.15. The average molecular weight is 186 g/mol. The van der Waals surface area contributed by atoms with Crippen LogP contribution in [0.25, 0.3) is 0 Å². The molecule has 0 fully saturated rings. The van der Waals surface area contributed by atoms with Gasteiger partial charge < -0.3 is 31.0 Å². The molecule has 0 spiro atoms. The maximum absolute atomic E-state index is 9.86. The summed E-state index contributed by atoms with van der Waals surface area (Å²) >= 11 is 0. The molecule has 0 aliphatic heterocycles. The summed E-state index contributed by atoms with van der Waals surface area (Å²) in [7, 11) is 0. The Hall–Kier alpha value is -0.140. The third-order valence-corrected chi connectivity index (χ3v) is 0.962. The summed E-state index contributed by atoms with van der Waals surface area (Å²) in [5.74, 6) is -2.75. The van der Waals surface area contributed by atoms with Gasteiger partial charge >= 0.3 is 29.6 Å². The molecule has 1 atom stereocenters. The topological polar surface area (TPSA) is 138 Å². The van der Waals surface area contributed by atoms with Gasteiger partial charge in [0.1, 0.15) is 0 Å². The molecule has 0 rings (SSSR count). The van der Waals surface area contributed by atoms with Crippen molar-refractivity contribution in [2.75, 3.05) is 0 Å². The Balaban J connectivity index is -0.000000405. The van der Waals surface area contributed by atoms with Crippen LogP contribution in [-0.2, 0) is 9.59 Å². The molecule has 12 heavy (non-hydrogen) atoms. The number of carbonyl (C=O) groups is 2. The number of hydrogen-bond acceptors (Lipinski definition) is 5. The molecule has 0 heterocycles. The molecule has 66 valence electrons. The van der Waals surface area contributed by atoms with Crippen LogP contribution in [0.4, 0.5) is 0 Å². The number of carboxylic acids is 2. The molecule has 4 N–H and O–H groups in total. The summed E-state index contributed by atoms with van der Waals surface area (Å²) in [5.41, 5.74) is 4.91. The summed E-state index contributed by atoms with van der Waals surface area (Å²) in [5, 5.41) is 19.6. The van der Waals surface area contributed by atoms with Gasteiger partial charge in [-0.25, -0.2) is 0 Å². The summed E-state index contributed by atoms with van der Waals surface area (Å²) in [6.45, 7) is 0. The zero-order valence-corrected chi connectivity index (χ0v) is 8.70. The minimum absolute atomic E-state index is 0. The Morgan fingerprint density at radius 1 is 1.33 bits per heavy atom. The van der Waals surface area contributed by atoms with E-state index in [1.54, 1.807) is 0 Å². The summed E-state index contributed by atoms with van der Waals surface area (Å²) in [6, 6.07) is -1.21. The number of carbonyl (C=O) groups excluding carboxylic acids is 2. The van der Waals surface area contributed by atoms with Crippen LogP contribution in [0, 0.1) is 0 Å². The van der Waals surface area contributed by atoms with Gasteiger partial charge in [0.05, 0.1) is 5.97 Å². The Morgan fingerprint density at radius 3 is 2.00 bits per heavy atom. The van der Waals surface area contributed by atoms with Gasteiger partial charge in [0.15, 0.2) is 0 Å². The first-order valence-corrected chi connectivity index (χ1v) is 2.70. The van der Waals surface area contributed by atoms with E-state index in [-0.39, 0.29) is 47.9 Å². The van der Waals surface area contributed by atoms with Crippen LogP contribution in [0.15, 0.2) is 0 Å². The molecule has 0 aromatic heterocycles. The molecule has 0 aromatic rings. The summed E-state index contributed by atoms with van der Waals surface area (Å²) in [6.07, 6.45) is -0.500. The smallest absolute Gasteiger partial charge is 0.550 e. The van der Waals surface area contributed by atoms with Crippen molar-refractivity contribution in [1.82, 2.24) is 0 Å². The molecule has 0 bridgehead atoms. The van der Waals surface area contributed by atoms with Crippen LogP contribution in [0.2, 0.25) is 0 Å². The quantitative estimate of drug-likeness (QED) is 0.434. The fourth-order valence-electron chi connectivity index (χ4n) is 0.391. The fourth-order valence-corrected chi connectivity index (χ4v) is 0.391. The molecule has 0 amide bonds. The van der Waals surface area contributed by atoms with Crippen molar-refractivity contribution >= 4 is 11.9 Å². The monoisotopic (exact) mass is 186 g/mol. The van der Waals surface area contributed by atoms with Crippen molar-refractivity contribution < 1.29 is 54.8 Å². The van der Waals surface area contributed by atoms with E-state index < -0.39 is 18.0 Å². The standard InChI is InChI=1S/C5H9NO4.Na.H2O/c6-3(5(9)10)1-2-4(7)8;;/h3H,1-2,6H2,(H,7,8)(H,9,10);;1H2/q;+1;/p-2/t3-;;/m0../s1. The molecule has 0 aliphatic carbocycles. The molecule has 0 unspecified atom stereocenters. The second-order valence-electron chi connectivity index (χ2n) is 1.84. The van der Waals surface area contributed by atoms with Crippen LogP contribution in [-0.4, -0.2) is 23.5 Å². The van der Waals surface area contributed by atoms with E-state index in [0.717, 1.165) is 0 Å². The van der Waals surface area contributed by atoms with E-state index in [9.17, 15) is 19.8 Å². The van der Waals surface area contributed by atoms with Crippen LogP contribution < -0.4 is 45.5 Å². The zero-order valence-electron chi connectivity index (χ0n) is 6.70. The predicted octanol–water partition coefficient (Wildman–Crippen LogP) is -7.23. The third-order valence-electron chi connectivity index (χ3n) is 0.962. The number of carboxylic acid groups (broad SMARTS) is 2. The van der Waals surface area contributed by atoms with E-state index >= 15 is 0 Å². The molecule has 6 nitrogen and oxygen atoms in total. The van der Waals surface area contributed by atoms with E-state index in [4.69, 9.17) is 5.73 Å². The SMILES string of the molecule is N[C@@H](CCC(=O)[O-])C(=O)[O-].O.[Na+]. The Labute approximate surface area is 91.3 Å². The van der Waals surface area contributed by atoms with Gasteiger partial charge in [-0.3, -0.25) is 0 Å². The number of hydrogen-bond donors (Lipinski definition) is 1. The second-order valence-corrected chi connectivity index (χ2v) is 1.84. The third kappa shape index (κ3) is 9.86. The van der Waals surface area contributed by atoms with Crippen LogP contribution in [0.3, 0.4) is 0 Å². The molecule has 7 heteroatoms. The molecule has 0 aromatic carbocycles. The van der Waals surface area contributed by atoms with Gasteiger partial charge in [-0.1, -0.05) is 0 Å². The van der Waals surface area contributed by atoms with Crippen molar-refractivity contribution in [3.05, 3.63) is 0 Å². The molecule has 0 saturated carbocycles. The minimum atomic E-state index is -1.44. The normalized spacial score (nSPS) is 10.4. The summed E-state index contributed by atoms with van der Waals surface area (Å²) < 4.78 is 0. The predicted molar refractivity (Wildman–Crippen MR) is 30.8 cm³/mol. The first-order valence-electron chi connectivity index (χ1n) is 2.70. The average Bonchev–Trinajstić information content (AvgIpc) is 1.82. The van der Waals surface area contributed by atoms with Crippen LogP contribution >= 0.6 is 0 Å². The van der Waals surface area contributed by atoms with Gasteiger partial charge in [0.25, 0.3) is 0 Å². The van der Waals surface area contributed by atoms with Gasteiger partial charge in [-0.15, -0.1) is 0 Å². The number of rotatable bonds is 4. The van der Waals surface area contributed by atoms with E-state index in [0.29, 0.717) is 0 Å². The van der Waals surface area contributed by atoms with Gasteiger partial charge in [0, 0.05) is 12.0 Å². The van der Waals surface area contributed by atoms with Crippen molar-refractivity contribution in [3.8, 4) is 0 Å². The van der Waals surface area contributed by atoms with Crippen molar-refractivity contribution in [1.29, 1.82) is 0 Å². The number of aliphatic carboxylic acids is 2. The first kappa shape index (κ1) is 17.8. The Bertz CT molecular complexity index is 151. The molecular weight excluding hydrogens is 177 g/mol. The van der Waals surface area contributed by atoms with Crippen molar-refractivity contribution in [3.63, 3.8) is 0 Å². The fraction of sp³-hybridized carbons (Fsp3) is 0.600. The van der Waals surface area contributed by atoms with E-state index in [1.807, 2.05) is 0 Å². The van der Waals surface area contributed by atoms with Crippen molar-refractivity contribution in [2.45, 2.75) is 18.9 Å². The van der Waals surface area contributed by atoms with Gasteiger partial charge in [0.2, 0.25) is 0 Å². The molecule has 0 aliphatic rings. The van der Waals surface area contributed by atoms with Gasteiger partial charge in [-0.2, -0.15) is 0 Å². The Morgan fingerprint density at radius 2 is 1.75 bits per heavy atom. The molecular formula is C5H9NNaO5-. The minimum Gasteiger partial charge on any atom is -0.550 e. The van der Waals surface area contributed by atoms with Crippen LogP contribution in [0.5, 0.6) is 0 Å². The van der Waals surface area contributed by atoms with Crippen molar-refractivity contribution in [2.24, 2.45) is 5.73 Å². The van der Waals surface area contributed by atoms with E-state index in [1.165, 1.54) is 0 Å². The molecule has 0 saturated heterocycles. The molecule has 0 radical (unpaired) electrons. The summed E-state index contributed by atoms with van der Waals surface area (Å²) in [4.78, 5) is 19.6. The van der Waals surface area contributed by atoms with Crippen LogP contribution in [0.1, 0.15) is 12.8 Å². The first-order chi connectivity index (χ1) is 4.54. The van der Waals surface area contributed by atoms with E-state index in [2.05, 4.69) is 0 Å². The maximum atomic E-state index is 9.86. The largest absolute Gasteiger partial charge is 1.00 e. The van der Waals surface area contributed by atoms with Gasteiger partial charge in [-0.05, 0) is 12.8 Å². The second kappa shape index (κ2) is 8.95. The maximum Gasteiger partial charge on any atom is 1.00 e.